The van der Waals surface area contributed by atoms with Gasteiger partial charge in [-0.1, -0.05) is 0 Å². The molecule has 12 heavy (non-hydrogen) atoms. The van der Waals surface area contributed by atoms with Crippen molar-refractivity contribution in [2.45, 2.75) is 0 Å². The first-order valence-electron chi connectivity index (χ1n) is 1.79. The molecule has 8 nitrogen and oxygen atoms in total. The van der Waals surface area contributed by atoms with Crippen LogP contribution in [0, 0.1) is 0 Å². The first-order valence-corrected chi connectivity index (χ1v) is 7.38. The molecule has 0 radical (unpaired) electrons. The van der Waals surface area contributed by atoms with Crippen LogP contribution in [-0.4, -0.2) is 116 Å². The summed E-state index contributed by atoms with van der Waals surface area (Å²) in [6.07, 6.45) is 0. The molecule has 0 aromatic carbocycles. The third kappa shape index (κ3) is 150. The summed E-state index contributed by atoms with van der Waals surface area (Å²) in [5.41, 5.74) is 0. The van der Waals surface area contributed by atoms with Gasteiger partial charge in [0.2, 0.25) is 0 Å². The number of rotatable bonds is 0. The molecule has 0 atom stereocenters. The van der Waals surface area contributed by atoms with Crippen molar-refractivity contribution in [2.75, 3.05) is 0 Å². The SMILES string of the molecule is [BaH2].[CaH2].[OH][Ti]([OH])([OH])[OH].[OH][Ti]([OH])([OH])[OH]. The summed E-state index contributed by atoms with van der Waals surface area (Å²) in [5, 5.41) is 0. The van der Waals surface area contributed by atoms with Crippen LogP contribution in [0.25, 0.3) is 0 Å². The minimum atomic E-state index is -5.00. The Morgan fingerprint density at radius 2 is 0.500 bits per heavy atom. The van der Waals surface area contributed by atoms with E-state index in [-0.39, 0.29) is 86.6 Å². The fourth-order valence-electron chi connectivity index (χ4n) is 0. The quantitative estimate of drug-likeness (QED) is 0.182. The van der Waals surface area contributed by atoms with Gasteiger partial charge in [-0.3, -0.25) is 0 Å². The molecule has 0 amide bonds. The van der Waals surface area contributed by atoms with Crippen molar-refractivity contribution in [1.82, 2.24) is 0 Å². The molecule has 0 saturated carbocycles. The molecule has 0 fully saturated rings. The van der Waals surface area contributed by atoms with Crippen LogP contribution >= 0.6 is 0 Å². The third-order valence-electron chi connectivity index (χ3n) is 0. The second kappa shape index (κ2) is 11.4. The Kier molecular flexibility index (Phi) is 23.8. The fraction of sp³-hybridized carbons (Fsp3) is 0. The Hall–Kier alpha value is 3.94. The van der Waals surface area contributed by atoms with Crippen molar-refractivity contribution >= 4 is 86.6 Å². The summed E-state index contributed by atoms with van der Waals surface area (Å²) < 4.78 is 59.0. The van der Waals surface area contributed by atoms with Crippen molar-refractivity contribution < 1.29 is 65.8 Å². The van der Waals surface area contributed by atoms with E-state index in [0.29, 0.717) is 0 Å². The maximum absolute atomic E-state index is 7.38. The predicted octanol–water partition coefficient (Wildman–Crippen LogP) is -6.29. The van der Waals surface area contributed by atoms with Gasteiger partial charge in [0.15, 0.2) is 0 Å². The van der Waals surface area contributed by atoms with E-state index in [4.69, 9.17) is 29.5 Å². The molecule has 0 saturated heterocycles. The third-order valence-corrected chi connectivity index (χ3v) is 0. The van der Waals surface area contributed by atoms with Gasteiger partial charge in [0.05, 0.1) is 0 Å². The van der Waals surface area contributed by atoms with E-state index < -0.39 is 36.3 Å². The molecule has 0 aliphatic heterocycles. The van der Waals surface area contributed by atoms with E-state index in [2.05, 4.69) is 0 Å². The molecule has 0 aliphatic rings. The van der Waals surface area contributed by atoms with Crippen molar-refractivity contribution in [1.29, 1.82) is 0 Å². The van der Waals surface area contributed by atoms with E-state index in [1.807, 2.05) is 0 Å². The van der Waals surface area contributed by atoms with E-state index in [1.54, 1.807) is 0 Å². The average Bonchev–Trinajstić information content (AvgIpc) is 1.12. The summed E-state index contributed by atoms with van der Waals surface area (Å²) in [6.45, 7) is 0. The van der Waals surface area contributed by atoms with Crippen LogP contribution < -0.4 is 0 Å². The Labute approximate surface area is 148 Å². The molecule has 0 unspecified atom stereocenters. The van der Waals surface area contributed by atoms with E-state index in [1.165, 1.54) is 0 Å². The number of hydrogen-bond acceptors (Lipinski definition) is 8. The normalized spacial score (nSPS) is 10.0. The minimum absolute atomic E-state index is 0. The molecule has 0 aliphatic carbocycles. The summed E-state index contributed by atoms with van der Waals surface area (Å²) in [4.78, 5) is 0. The Bertz CT molecular complexity index is 60.0. The number of hydrogen-bond donors (Lipinski definition) is 8. The van der Waals surface area contributed by atoms with Gasteiger partial charge < -0.3 is 0 Å². The molecule has 0 heterocycles. The van der Waals surface area contributed by atoms with E-state index in [0.717, 1.165) is 0 Å². The van der Waals surface area contributed by atoms with Crippen LogP contribution in [0.2, 0.25) is 0 Å². The molecular formula is H12BaCaO8Ti2. The van der Waals surface area contributed by atoms with E-state index >= 15 is 0 Å². The summed E-state index contributed by atoms with van der Waals surface area (Å²) >= 11 is -10.0. The molecule has 72 valence electrons. The van der Waals surface area contributed by atoms with Gasteiger partial charge >= 0.3 is 152 Å². The molecule has 12 heteroatoms. The fourth-order valence-corrected chi connectivity index (χ4v) is 0. The molecule has 0 aromatic rings. The second-order valence-electron chi connectivity index (χ2n) is 1.20. The van der Waals surface area contributed by atoms with Crippen LogP contribution in [0.15, 0.2) is 0 Å². The van der Waals surface area contributed by atoms with Crippen LogP contribution in [0.5, 0.6) is 0 Å². The molecule has 0 bridgehead atoms. The summed E-state index contributed by atoms with van der Waals surface area (Å²) in [7, 11) is 0. The Morgan fingerprint density at radius 1 is 0.500 bits per heavy atom. The van der Waals surface area contributed by atoms with Crippen LogP contribution in [0.3, 0.4) is 0 Å². The van der Waals surface area contributed by atoms with Gasteiger partial charge in [-0.25, -0.2) is 0 Å². The van der Waals surface area contributed by atoms with Crippen LogP contribution in [0.4, 0.5) is 0 Å². The predicted molar refractivity (Wildman–Crippen MR) is 34.8 cm³/mol. The zero-order valence-electron chi connectivity index (χ0n) is 4.58. The second-order valence-corrected chi connectivity index (χ2v) is 4.95. The van der Waals surface area contributed by atoms with Gasteiger partial charge in [-0.15, -0.1) is 0 Å². The average molecular weight is 413 g/mol. The Balaban J connectivity index is -0.0000000457. The van der Waals surface area contributed by atoms with Crippen molar-refractivity contribution in [3.05, 3.63) is 0 Å². The first kappa shape index (κ1) is 25.0. The van der Waals surface area contributed by atoms with Gasteiger partial charge in [0, 0.05) is 0 Å². The van der Waals surface area contributed by atoms with E-state index in [9.17, 15) is 0 Å². The zero-order valence-corrected chi connectivity index (χ0v) is 7.70. The first-order chi connectivity index (χ1) is 4.00. The molecular weight excluding hydrogens is 401 g/mol. The maximum atomic E-state index is 7.38. The van der Waals surface area contributed by atoms with Gasteiger partial charge in [0.1, 0.15) is 0 Å². The molecule has 0 aromatic heterocycles. The van der Waals surface area contributed by atoms with Gasteiger partial charge in [0.25, 0.3) is 0 Å². The van der Waals surface area contributed by atoms with Crippen LogP contribution in [0.1, 0.15) is 0 Å². The Morgan fingerprint density at radius 3 is 0.500 bits per heavy atom. The molecule has 8 N–H and O–H groups in total. The summed E-state index contributed by atoms with van der Waals surface area (Å²) in [5.74, 6) is 0. The zero-order chi connectivity index (χ0) is 9.00. The van der Waals surface area contributed by atoms with Crippen molar-refractivity contribution in [2.24, 2.45) is 0 Å². The molecule has 0 spiro atoms. The van der Waals surface area contributed by atoms with Crippen molar-refractivity contribution in [3.63, 3.8) is 0 Å². The monoisotopic (exact) mass is 414 g/mol. The molecule has 0 rings (SSSR count). The topological polar surface area (TPSA) is 162 Å². The van der Waals surface area contributed by atoms with Crippen molar-refractivity contribution in [3.8, 4) is 0 Å². The standard InChI is InChI=1S/Ba.Ca.8H2O.2Ti.4H/h;;8*1H2;;;;;;/q;;;;;;;;;;2*+4;;;;/p-8. The van der Waals surface area contributed by atoms with Crippen LogP contribution in [-0.2, 0) is 36.3 Å². The van der Waals surface area contributed by atoms with Gasteiger partial charge in [-0.05, 0) is 0 Å². The summed E-state index contributed by atoms with van der Waals surface area (Å²) in [6, 6.07) is 0. The van der Waals surface area contributed by atoms with Gasteiger partial charge in [-0.2, -0.15) is 0 Å².